The lowest BCUT2D eigenvalue weighted by Gasteiger charge is -2.34. The molecule has 2 heterocycles. The van der Waals surface area contributed by atoms with E-state index in [1.54, 1.807) is 12.1 Å². The van der Waals surface area contributed by atoms with Gasteiger partial charge >= 0.3 is 0 Å². The van der Waals surface area contributed by atoms with Crippen LogP contribution >= 0.6 is 11.3 Å². The first-order chi connectivity index (χ1) is 15.3. The van der Waals surface area contributed by atoms with Gasteiger partial charge in [0.25, 0.3) is 5.91 Å². The van der Waals surface area contributed by atoms with Crippen molar-refractivity contribution >= 4 is 33.2 Å². The molecule has 1 aliphatic heterocycles. The number of piperidine rings is 1. The van der Waals surface area contributed by atoms with Crippen LogP contribution in [0.4, 0.5) is 0 Å². The molecular formula is C23H31N3O4S2. The van der Waals surface area contributed by atoms with Crippen molar-refractivity contribution in [1.29, 1.82) is 0 Å². The Kier molecular flexibility index (Phi) is 8.44. The molecule has 2 amide bonds. The lowest BCUT2D eigenvalue weighted by molar-refractivity contribution is -0.136. The number of amides is 2. The molecule has 1 aromatic heterocycles. The Morgan fingerprint density at radius 2 is 1.84 bits per heavy atom. The van der Waals surface area contributed by atoms with Gasteiger partial charge in [0.2, 0.25) is 15.9 Å². The highest BCUT2D eigenvalue weighted by molar-refractivity contribution is 7.89. The third-order valence-electron chi connectivity index (χ3n) is 5.90. The van der Waals surface area contributed by atoms with E-state index in [1.165, 1.54) is 23.5 Å². The smallest absolute Gasteiger partial charge is 0.251 e. The van der Waals surface area contributed by atoms with Crippen molar-refractivity contribution in [3.05, 3.63) is 52.2 Å². The predicted molar refractivity (Wildman–Crippen MR) is 126 cm³/mol. The second-order valence-corrected chi connectivity index (χ2v) is 10.8. The van der Waals surface area contributed by atoms with Crippen LogP contribution in [0.2, 0.25) is 0 Å². The van der Waals surface area contributed by atoms with Crippen LogP contribution in [-0.4, -0.2) is 44.3 Å². The number of hydrogen-bond donors (Lipinski definition) is 2. The van der Waals surface area contributed by atoms with Gasteiger partial charge < -0.3 is 10.2 Å². The summed E-state index contributed by atoms with van der Waals surface area (Å²) in [4.78, 5) is 28.2. The third-order valence-corrected chi connectivity index (χ3v) is 8.18. The van der Waals surface area contributed by atoms with Crippen LogP contribution in [-0.2, 0) is 21.4 Å². The van der Waals surface area contributed by atoms with Crippen molar-refractivity contribution in [3.63, 3.8) is 0 Å². The monoisotopic (exact) mass is 477 g/mol. The number of sulfonamides is 1. The number of nitrogens with zero attached hydrogens (tertiary/aromatic N) is 1. The van der Waals surface area contributed by atoms with Crippen molar-refractivity contribution in [2.24, 2.45) is 5.92 Å². The highest BCUT2D eigenvalue weighted by atomic mass is 32.2. The van der Waals surface area contributed by atoms with Gasteiger partial charge in [-0.05, 0) is 55.3 Å². The molecule has 0 aliphatic carbocycles. The molecule has 0 saturated carbocycles. The topological polar surface area (TPSA) is 95.6 Å². The van der Waals surface area contributed by atoms with Gasteiger partial charge in [-0.15, -0.1) is 11.3 Å². The quantitative estimate of drug-likeness (QED) is 0.579. The zero-order valence-electron chi connectivity index (χ0n) is 18.5. The summed E-state index contributed by atoms with van der Waals surface area (Å²) in [6.45, 7) is 5.53. The average Bonchev–Trinajstić information content (AvgIpc) is 3.33. The Morgan fingerprint density at radius 1 is 1.12 bits per heavy atom. The number of carbonyl (C=O) groups excluding carboxylic acids is 2. The molecule has 0 bridgehead atoms. The lowest BCUT2D eigenvalue weighted by Crippen LogP contribution is -2.48. The summed E-state index contributed by atoms with van der Waals surface area (Å²) in [5, 5.41) is 4.88. The van der Waals surface area contributed by atoms with Gasteiger partial charge in [-0.2, -0.15) is 0 Å². The summed E-state index contributed by atoms with van der Waals surface area (Å²) in [6.07, 6.45) is 3.07. The van der Waals surface area contributed by atoms with Gasteiger partial charge in [0, 0.05) is 42.0 Å². The molecule has 7 nitrogen and oxygen atoms in total. The van der Waals surface area contributed by atoms with E-state index in [0.29, 0.717) is 31.5 Å². The molecule has 1 aromatic carbocycles. The van der Waals surface area contributed by atoms with E-state index in [2.05, 4.69) is 10.0 Å². The van der Waals surface area contributed by atoms with E-state index in [9.17, 15) is 18.0 Å². The highest BCUT2D eigenvalue weighted by Gasteiger charge is 2.27. The van der Waals surface area contributed by atoms with Crippen molar-refractivity contribution in [3.8, 4) is 0 Å². The Morgan fingerprint density at radius 3 is 2.47 bits per heavy atom. The fraction of sp³-hybridized carbons (Fsp3) is 0.478. The van der Waals surface area contributed by atoms with Crippen molar-refractivity contribution in [1.82, 2.24) is 14.9 Å². The Balaban J connectivity index is 1.56. The van der Waals surface area contributed by atoms with Crippen LogP contribution in [0.1, 0.15) is 54.8 Å². The van der Waals surface area contributed by atoms with E-state index < -0.39 is 10.0 Å². The third kappa shape index (κ3) is 6.17. The molecule has 174 valence electrons. The first-order valence-corrected chi connectivity index (χ1v) is 13.4. The Hall–Kier alpha value is -2.23. The van der Waals surface area contributed by atoms with Gasteiger partial charge in [-0.1, -0.05) is 26.0 Å². The SMILES string of the molecule is CCC(CC)C(=O)N1CCC(NC(=O)c2cccc(S(=O)(=O)NCc3cccs3)c2)CC1. The number of likely N-dealkylation sites (tertiary alicyclic amines) is 1. The summed E-state index contributed by atoms with van der Waals surface area (Å²) in [5.41, 5.74) is 0.305. The van der Waals surface area contributed by atoms with Crippen LogP contribution in [0.15, 0.2) is 46.7 Å². The van der Waals surface area contributed by atoms with Crippen molar-refractivity contribution in [2.75, 3.05) is 13.1 Å². The molecule has 0 unspecified atom stereocenters. The first-order valence-electron chi connectivity index (χ1n) is 11.1. The molecule has 1 aliphatic rings. The molecule has 3 rings (SSSR count). The number of benzene rings is 1. The molecule has 0 spiro atoms. The number of nitrogens with one attached hydrogen (secondary N) is 2. The van der Waals surface area contributed by atoms with Crippen molar-refractivity contribution in [2.45, 2.75) is 57.0 Å². The van der Waals surface area contributed by atoms with E-state index in [0.717, 1.165) is 17.7 Å². The van der Waals surface area contributed by atoms with Crippen molar-refractivity contribution < 1.29 is 18.0 Å². The number of rotatable bonds is 9. The summed E-state index contributed by atoms with van der Waals surface area (Å²) in [5.74, 6) is -0.0305. The van der Waals surface area contributed by atoms with Gasteiger partial charge in [0.05, 0.1) is 4.90 Å². The van der Waals surface area contributed by atoms with Gasteiger partial charge in [0.15, 0.2) is 0 Å². The zero-order chi connectivity index (χ0) is 23.1. The van der Waals surface area contributed by atoms with E-state index >= 15 is 0 Å². The Bertz CT molecular complexity index is 1010. The minimum absolute atomic E-state index is 0.0366. The maximum absolute atomic E-state index is 12.7. The van der Waals surface area contributed by atoms with Gasteiger partial charge in [0.1, 0.15) is 0 Å². The lowest BCUT2D eigenvalue weighted by atomic mass is 9.98. The summed E-state index contributed by atoms with van der Waals surface area (Å²) in [7, 11) is -3.72. The fourth-order valence-corrected chi connectivity index (χ4v) is 5.66. The minimum atomic E-state index is -3.72. The fourth-order valence-electron chi connectivity index (χ4n) is 3.88. The molecule has 32 heavy (non-hydrogen) atoms. The van der Waals surface area contributed by atoms with E-state index in [1.807, 2.05) is 36.3 Å². The molecule has 0 radical (unpaired) electrons. The largest absolute Gasteiger partial charge is 0.349 e. The van der Waals surface area contributed by atoms with E-state index in [-0.39, 0.29) is 35.2 Å². The van der Waals surface area contributed by atoms with Crippen LogP contribution in [0.5, 0.6) is 0 Å². The molecule has 2 N–H and O–H groups in total. The Labute approximate surface area is 194 Å². The van der Waals surface area contributed by atoms with E-state index in [4.69, 9.17) is 0 Å². The average molecular weight is 478 g/mol. The molecular weight excluding hydrogens is 446 g/mol. The predicted octanol–water partition coefficient (Wildman–Crippen LogP) is 3.38. The minimum Gasteiger partial charge on any atom is -0.349 e. The van der Waals surface area contributed by atoms with Crippen LogP contribution in [0, 0.1) is 5.92 Å². The number of thiophene rings is 1. The van der Waals surface area contributed by atoms with Gasteiger partial charge in [-0.3, -0.25) is 9.59 Å². The molecule has 1 fully saturated rings. The standard InChI is InChI=1S/C23H31N3O4S2/c1-3-17(4-2)23(28)26-12-10-19(11-13-26)25-22(27)18-7-5-9-21(15-18)32(29,30)24-16-20-8-6-14-31-20/h5-9,14-15,17,19,24H,3-4,10-13,16H2,1-2H3,(H,25,27). The van der Waals surface area contributed by atoms with Crippen LogP contribution in [0.25, 0.3) is 0 Å². The van der Waals surface area contributed by atoms with Crippen LogP contribution in [0.3, 0.4) is 0 Å². The molecule has 9 heteroatoms. The van der Waals surface area contributed by atoms with Crippen LogP contribution < -0.4 is 10.0 Å². The zero-order valence-corrected chi connectivity index (χ0v) is 20.2. The molecule has 2 aromatic rings. The number of hydrogen-bond acceptors (Lipinski definition) is 5. The first kappa shape index (κ1) is 24.4. The highest BCUT2D eigenvalue weighted by Crippen LogP contribution is 2.18. The summed E-state index contributed by atoms with van der Waals surface area (Å²) in [6, 6.07) is 9.76. The molecule has 0 atom stereocenters. The number of carbonyl (C=O) groups is 2. The van der Waals surface area contributed by atoms with Gasteiger partial charge in [-0.25, -0.2) is 13.1 Å². The normalized spacial score (nSPS) is 15.2. The maximum Gasteiger partial charge on any atom is 0.251 e. The molecule has 1 saturated heterocycles. The maximum atomic E-state index is 12.7. The summed E-state index contributed by atoms with van der Waals surface area (Å²) >= 11 is 1.48. The summed E-state index contributed by atoms with van der Waals surface area (Å²) < 4.78 is 27.8. The second-order valence-electron chi connectivity index (χ2n) is 8.02. The second kappa shape index (κ2) is 11.1.